The van der Waals surface area contributed by atoms with Crippen LogP contribution < -0.4 is 5.32 Å². The fourth-order valence-electron chi connectivity index (χ4n) is 2.46. The highest BCUT2D eigenvalue weighted by Gasteiger charge is 2.18. The lowest BCUT2D eigenvalue weighted by molar-refractivity contribution is 0.561. The number of aromatic nitrogens is 2. The number of nitrogens with one attached hydrogen (secondary N) is 1. The van der Waals surface area contributed by atoms with Crippen LogP contribution in [0.5, 0.6) is 0 Å². The summed E-state index contributed by atoms with van der Waals surface area (Å²) in [6.07, 6.45) is 3.78. The number of hydrogen-bond acceptors (Lipinski definition) is 3. The molecule has 1 heterocycles. The molecule has 2 rings (SSSR count). The summed E-state index contributed by atoms with van der Waals surface area (Å²) in [7, 11) is 3.95. The van der Waals surface area contributed by atoms with Gasteiger partial charge in [0.2, 0.25) is 0 Å². The van der Waals surface area contributed by atoms with Gasteiger partial charge in [-0.15, -0.1) is 11.8 Å². The number of benzene rings is 1. The lowest BCUT2D eigenvalue weighted by Crippen LogP contribution is -2.20. The second-order valence-electron chi connectivity index (χ2n) is 5.00. The third-order valence-electron chi connectivity index (χ3n) is 3.77. The van der Waals surface area contributed by atoms with Crippen LogP contribution >= 0.6 is 23.4 Å². The molecule has 1 N–H and O–H groups in total. The number of thioether (sulfide) groups is 1. The van der Waals surface area contributed by atoms with Crippen LogP contribution in [-0.2, 0) is 19.9 Å². The van der Waals surface area contributed by atoms with Crippen molar-refractivity contribution in [2.75, 3.05) is 13.3 Å². The van der Waals surface area contributed by atoms with Crippen LogP contribution in [0.25, 0.3) is 0 Å². The summed E-state index contributed by atoms with van der Waals surface area (Å²) < 4.78 is 1.90. The molecule has 0 radical (unpaired) electrons. The Bertz CT molecular complexity index is 592. The minimum absolute atomic E-state index is 0.235. The number of likely N-dealkylation sites (N-methyl/N-ethyl adjacent to an activating group) is 1. The van der Waals surface area contributed by atoms with Gasteiger partial charge in [0, 0.05) is 24.4 Å². The molecule has 1 aromatic carbocycles. The fourth-order valence-corrected chi connectivity index (χ4v) is 3.24. The minimum atomic E-state index is 0.235. The van der Waals surface area contributed by atoms with E-state index in [9.17, 15) is 0 Å². The number of rotatable bonds is 6. The van der Waals surface area contributed by atoms with E-state index >= 15 is 0 Å². The Morgan fingerprint density at radius 2 is 2.00 bits per heavy atom. The maximum absolute atomic E-state index is 6.45. The third kappa shape index (κ3) is 3.62. The van der Waals surface area contributed by atoms with Crippen LogP contribution in [0.15, 0.2) is 29.2 Å². The first-order chi connectivity index (χ1) is 10.1. The van der Waals surface area contributed by atoms with Gasteiger partial charge in [-0.3, -0.25) is 4.68 Å². The summed E-state index contributed by atoms with van der Waals surface area (Å²) in [5.74, 6) is 0. The van der Waals surface area contributed by atoms with Crippen molar-refractivity contribution in [3.63, 3.8) is 0 Å². The average Bonchev–Trinajstić information content (AvgIpc) is 2.79. The summed E-state index contributed by atoms with van der Waals surface area (Å²) in [6, 6.07) is 8.91. The maximum Gasteiger partial charge on any atom is 0.0850 e. The molecular formula is C16H22ClN3S. The second kappa shape index (κ2) is 7.34. The van der Waals surface area contributed by atoms with E-state index in [0.29, 0.717) is 0 Å². The van der Waals surface area contributed by atoms with Crippen LogP contribution in [-0.4, -0.2) is 23.1 Å². The first-order valence-electron chi connectivity index (χ1n) is 7.12. The largest absolute Gasteiger partial charge is 0.313 e. The second-order valence-corrected chi connectivity index (χ2v) is 6.26. The van der Waals surface area contributed by atoms with E-state index in [0.717, 1.165) is 29.3 Å². The molecule has 0 aliphatic rings. The van der Waals surface area contributed by atoms with E-state index in [1.54, 1.807) is 11.8 Å². The van der Waals surface area contributed by atoms with Gasteiger partial charge >= 0.3 is 0 Å². The molecule has 0 amide bonds. The number of nitrogens with zero attached hydrogens (tertiary/aromatic N) is 2. The van der Waals surface area contributed by atoms with Gasteiger partial charge in [-0.05, 0) is 37.4 Å². The highest BCUT2D eigenvalue weighted by Crippen LogP contribution is 2.27. The monoisotopic (exact) mass is 323 g/mol. The van der Waals surface area contributed by atoms with Crippen LogP contribution in [0.2, 0.25) is 5.02 Å². The molecule has 114 valence electrons. The van der Waals surface area contributed by atoms with Crippen molar-refractivity contribution >= 4 is 23.4 Å². The average molecular weight is 324 g/mol. The molecule has 5 heteroatoms. The van der Waals surface area contributed by atoms with E-state index in [2.05, 4.69) is 47.9 Å². The van der Waals surface area contributed by atoms with Gasteiger partial charge in [-0.1, -0.05) is 30.7 Å². The highest BCUT2D eigenvalue weighted by atomic mass is 35.5. The predicted molar refractivity (Wildman–Crippen MR) is 91.3 cm³/mol. The van der Waals surface area contributed by atoms with Crippen LogP contribution in [0.4, 0.5) is 0 Å². The van der Waals surface area contributed by atoms with E-state index in [1.807, 2.05) is 18.8 Å². The topological polar surface area (TPSA) is 29.9 Å². The van der Waals surface area contributed by atoms with Gasteiger partial charge < -0.3 is 5.32 Å². The van der Waals surface area contributed by atoms with E-state index in [-0.39, 0.29) is 6.04 Å². The highest BCUT2D eigenvalue weighted by molar-refractivity contribution is 7.98. The maximum atomic E-state index is 6.45. The van der Waals surface area contributed by atoms with Crippen molar-refractivity contribution in [3.8, 4) is 0 Å². The molecule has 1 atom stereocenters. The number of hydrogen-bond donors (Lipinski definition) is 1. The van der Waals surface area contributed by atoms with E-state index in [1.165, 1.54) is 10.5 Å². The SMILES string of the molecule is CCc1nn(C)c(CC(NC)c2ccc(SC)cc2)c1Cl. The van der Waals surface area contributed by atoms with Gasteiger partial charge in [0.1, 0.15) is 0 Å². The quantitative estimate of drug-likeness (QED) is 0.819. The Kier molecular flexibility index (Phi) is 5.73. The fraction of sp³-hybridized carbons (Fsp3) is 0.438. The standard InChI is InChI=1S/C16H22ClN3S/c1-5-13-16(17)15(20(3)19-13)10-14(18-2)11-6-8-12(21-4)9-7-11/h6-9,14,18H,5,10H2,1-4H3. The zero-order valence-corrected chi connectivity index (χ0v) is 14.6. The summed E-state index contributed by atoms with van der Waals surface area (Å²) in [5.41, 5.74) is 3.33. The van der Waals surface area contributed by atoms with Gasteiger partial charge in [0.25, 0.3) is 0 Å². The van der Waals surface area contributed by atoms with Gasteiger partial charge in [-0.2, -0.15) is 5.10 Å². The molecule has 0 bridgehead atoms. The molecule has 0 aliphatic heterocycles. The van der Waals surface area contributed by atoms with Gasteiger partial charge in [0.15, 0.2) is 0 Å². The normalized spacial score (nSPS) is 12.6. The smallest absolute Gasteiger partial charge is 0.0850 e. The molecule has 0 saturated carbocycles. The van der Waals surface area contributed by atoms with E-state index in [4.69, 9.17) is 11.6 Å². The first kappa shape index (κ1) is 16.4. The Morgan fingerprint density at radius 1 is 1.33 bits per heavy atom. The third-order valence-corrected chi connectivity index (χ3v) is 4.95. The van der Waals surface area contributed by atoms with Crippen molar-refractivity contribution in [2.24, 2.45) is 7.05 Å². The Morgan fingerprint density at radius 3 is 2.48 bits per heavy atom. The van der Waals surface area contributed by atoms with Crippen LogP contribution in [0, 0.1) is 0 Å². The van der Waals surface area contributed by atoms with E-state index < -0.39 is 0 Å². The Balaban J connectivity index is 2.24. The van der Waals surface area contributed by atoms with Crippen molar-refractivity contribution in [3.05, 3.63) is 46.2 Å². The first-order valence-corrected chi connectivity index (χ1v) is 8.72. The molecule has 2 aromatic rings. The lowest BCUT2D eigenvalue weighted by atomic mass is 10.0. The molecule has 1 aromatic heterocycles. The lowest BCUT2D eigenvalue weighted by Gasteiger charge is -2.17. The van der Waals surface area contributed by atoms with Crippen LogP contribution in [0.3, 0.4) is 0 Å². The van der Waals surface area contributed by atoms with Gasteiger partial charge in [0.05, 0.1) is 16.4 Å². The minimum Gasteiger partial charge on any atom is -0.313 e. The Labute approximate surface area is 136 Å². The molecule has 21 heavy (non-hydrogen) atoms. The summed E-state index contributed by atoms with van der Waals surface area (Å²) in [6.45, 7) is 2.08. The number of halogens is 1. The van der Waals surface area contributed by atoms with Gasteiger partial charge in [-0.25, -0.2) is 0 Å². The summed E-state index contributed by atoms with van der Waals surface area (Å²) in [4.78, 5) is 1.28. The molecule has 0 saturated heterocycles. The molecule has 1 unspecified atom stereocenters. The zero-order chi connectivity index (χ0) is 15.4. The zero-order valence-electron chi connectivity index (χ0n) is 13.0. The van der Waals surface area contributed by atoms with Crippen molar-refractivity contribution in [1.82, 2.24) is 15.1 Å². The van der Waals surface area contributed by atoms with Crippen LogP contribution in [0.1, 0.15) is 29.9 Å². The molecular weight excluding hydrogens is 302 g/mol. The molecule has 3 nitrogen and oxygen atoms in total. The molecule has 0 spiro atoms. The Hall–Kier alpha value is -0.970. The van der Waals surface area contributed by atoms with Crippen molar-refractivity contribution < 1.29 is 0 Å². The van der Waals surface area contributed by atoms with Crippen molar-refractivity contribution in [1.29, 1.82) is 0 Å². The number of aryl methyl sites for hydroxylation is 2. The molecule has 0 fully saturated rings. The predicted octanol–water partition coefficient (Wildman–Crippen LogP) is 3.86. The molecule has 0 aliphatic carbocycles. The summed E-state index contributed by atoms with van der Waals surface area (Å²) in [5, 5.41) is 8.68. The summed E-state index contributed by atoms with van der Waals surface area (Å²) >= 11 is 8.21. The van der Waals surface area contributed by atoms with Crippen molar-refractivity contribution in [2.45, 2.75) is 30.7 Å².